The van der Waals surface area contributed by atoms with Crippen molar-refractivity contribution in [2.24, 2.45) is 22.7 Å². The molecule has 2 fully saturated rings. The van der Waals surface area contributed by atoms with Crippen LogP contribution in [0.2, 0.25) is 0 Å². The molecule has 1 saturated heterocycles. The molecule has 4 aliphatic carbocycles. The van der Waals surface area contributed by atoms with E-state index in [2.05, 4.69) is 26.0 Å². The normalized spacial score (nSPS) is 52.2. The molecule has 0 aromatic carbocycles. The van der Waals surface area contributed by atoms with Gasteiger partial charge < -0.3 is 9.84 Å². The van der Waals surface area contributed by atoms with E-state index in [4.69, 9.17) is 4.74 Å². The molecule has 5 atom stereocenters. The number of epoxide rings is 1. The first-order valence-corrected chi connectivity index (χ1v) is 8.93. The van der Waals surface area contributed by atoms with E-state index >= 15 is 0 Å². The number of aliphatic hydroxyl groups is 1. The van der Waals surface area contributed by atoms with Crippen molar-refractivity contribution in [1.29, 1.82) is 0 Å². The molecular weight excluding hydrogens is 272 g/mol. The van der Waals surface area contributed by atoms with Crippen LogP contribution in [-0.2, 0) is 4.74 Å². The highest BCUT2D eigenvalue weighted by molar-refractivity contribution is 5.45. The van der Waals surface area contributed by atoms with E-state index in [0.29, 0.717) is 17.1 Å². The fourth-order valence-electron chi connectivity index (χ4n) is 6.27. The van der Waals surface area contributed by atoms with Crippen LogP contribution in [0.1, 0.15) is 52.4 Å². The van der Waals surface area contributed by atoms with E-state index in [1.54, 1.807) is 5.57 Å². The summed E-state index contributed by atoms with van der Waals surface area (Å²) in [5.74, 6) is 2.04. The Kier molecular flexibility index (Phi) is 2.38. The van der Waals surface area contributed by atoms with Gasteiger partial charge in [0.2, 0.25) is 0 Å². The zero-order valence-corrected chi connectivity index (χ0v) is 13.7. The van der Waals surface area contributed by atoms with Crippen LogP contribution in [0.4, 0.5) is 0 Å². The Labute approximate surface area is 132 Å². The third kappa shape index (κ3) is 1.41. The topological polar surface area (TPSA) is 32.8 Å². The number of allylic oxidation sites excluding steroid dienone is 6. The summed E-state index contributed by atoms with van der Waals surface area (Å²) in [5.41, 5.74) is 3.77. The van der Waals surface area contributed by atoms with Gasteiger partial charge in [-0.2, -0.15) is 0 Å². The molecule has 1 N–H and O–H groups in total. The number of hydrogen-bond acceptors (Lipinski definition) is 2. The van der Waals surface area contributed by atoms with Crippen molar-refractivity contribution < 1.29 is 9.84 Å². The molecule has 0 aromatic rings. The monoisotopic (exact) mass is 298 g/mol. The van der Waals surface area contributed by atoms with Gasteiger partial charge in [-0.3, -0.25) is 0 Å². The fraction of sp³-hybridized carbons (Fsp3) is 0.700. The predicted octanol–water partition coefficient (Wildman–Crippen LogP) is 4.69. The predicted molar refractivity (Wildman–Crippen MR) is 86.5 cm³/mol. The Hall–Kier alpha value is -1.02. The number of fused-ring (bicyclic) bond motifs is 6. The second-order valence-electron chi connectivity index (χ2n) is 8.68. The van der Waals surface area contributed by atoms with Crippen LogP contribution in [-0.4, -0.2) is 17.3 Å². The molecule has 0 aromatic heterocycles. The highest BCUT2D eigenvalue weighted by Crippen LogP contribution is 2.68. The van der Waals surface area contributed by atoms with Gasteiger partial charge in [0, 0.05) is 17.3 Å². The smallest absolute Gasteiger partial charge is 0.0975 e. The zero-order chi connectivity index (χ0) is 15.2. The second-order valence-corrected chi connectivity index (χ2v) is 8.68. The molecule has 5 rings (SSSR count). The van der Waals surface area contributed by atoms with E-state index < -0.39 is 0 Å². The van der Waals surface area contributed by atoms with Crippen molar-refractivity contribution >= 4 is 0 Å². The van der Waals surface area contributed by atoms with Crippen LogP contribution in [0.5, 0.6) is 0 Å². The molecule has 1 aliphatic heterocycles. The standard InChI is InChI=1S/C20H26O2/c1-18-8-5-14(21)11-13(18)3-4-15-16(18)6-9-19(2)17(15)7-10-20(19)12-22-20/h3,6,11,15,17,21H,4-5,7-10,12H2,1-2H3/t15?,17?,18?,19?,20-/m1/s1. The van der Waals surface area contributed by atoms with Crippen LogP contribution in [0.15, 0.2) is 35.1 Å². The molecule has 0 radical (unpaired) electrons. The number of rotatable bonds is 0. The summed E-state index contributed by atoms with van der Waals surface area (Å²) in [6, 6.07) is 0. The lowest BCUT2D eigenvalue weighted by Crippen LogP contribution is -2.45. The molecule has 0 amide bonds. The van der Waals surface area contributed by atoms with Gasteiger partial charge in [0.1, 0.15) is 0 Å². The first-order valence-electron chi connectivity index (χ1n) is 8.93. The van der Waals surface area contributed by atoms with Gasteiger partial charge in [-0.05, 0) is 55.6 Å². The van der Waals surface area contributed by atoms with E-state index in [9.17, 15) is 5.11 Å². The summed E-state index contributed by atoms with van der Waals surface area (Å²) in [6.07, 6.45) is 13.8. The van der Waals surface area contributed by atoms with E-state index in [-0.39, 0.29) is 11.0 Å². The Balaban J connectivity index is 1.59. The van der Waals surface area contributed by atoms with Gasteiger partial charge >= 0.3 is 0 Å². The quantitative estimate of drug-likeness (QED) is 0.520. The highest BCUT2D eigenvalue weighted by atomic mass is 16.6. The van der Waals surface area contributed by atoms with Crippen LogP contribution in [0.3, 0.4) is 0 Å². The molecular formula is C20H26O2. The minimum Gasteiger partial charge on any atom is -0.512 e. The van der Waals surface area contributed by atoms with Crippen LogP contribution < -0.4 is 0 Å². The summed E-state index contributed by atoms with van der Waals surface area (Å²) >= 11 is 0. The summed E-state index contributed by atoms with van der Waals surface area (Å²) in [5, 5.41) is 9.91. The minimum absolute atomic E-state index is 0.163. The maximum atomic E-state index is 9.91. The van der Waals surface area contributed by atoms with E-state index in [0.717, 1.165) is 31.8 Å². The average Bonchev–Trinajstić information content (AvgIpc) is 3.22. The summed E-state index contributed by atoms with van der Waals surface area (Å²) in [6.45, 7) is 5.88. The van der Waals surface area contributed by atoms with Crippen molar-refractivity contribution in [3.05, 3.63) is 35.1 Å². The largest absolute Gasteiger partial charge is 0.512 e. The van der Waals surface area contributed by atoms with Crippen molar-refractivity contribution in [2.75, 3.05) is 6.61 Å². The van der Waals surface area contributed by atoms with Crippen LogP contribution in [0, 0.1) is 22.7 Å². The molecule has 118 valence electrons. The number of hydrogen-bond donors (Lipinski definition) is 1. The minimum atomic E-state index is 0.163. The maximum absolute atomic E-state index is 9.91. The van der Waals surface area contributed by atoms with Crippen LogP contribution in [0.25, 0.3) is 0 Å². The Morgan fingerprint density at radius 2 is 2.05 bits per heavy atom. The van der Waals surface area contributed by atoms with Gasteiger partial charge in [0.05, 0.1) is 18.0 Å². The summed E-state index contributed by atoms with van der Waals surface area (Å²) in [7, 11) is 0. The molecule has 0 bridgehead atoms. The lowest BCUT2D eigenvalue weighted by atomic mass is 9.52. The van der Waals surface area contributed by atoms with Gasteiger partial charge in [0.25, 0.3) is 0 Å². The van der Waals surface area contributed by atoms with Gasteiger partial charge in [-0.1, -0.05) is 31.6 Å². The maximum Gasteiger partial charge on any atom is 0.0975 e. The van der Waals surface area contributed by atoms with Crippen molar-refractivity contribution in [3.63, 3.8) is 0 Å². The lowest BCUT2D eigenvalue weighted by molar-refractivity contribution is 0.0681. The summed E-state index contributed by atoms with van der Waals surface area (Å²) in [4.78, 5) is 0. The zero-order valence-electron chi connectivity index (χ0n) is 13.7. The van der Waals surface area contributed by atoms with E-state index in [1.807, 2.05) is 6.08 Å². The average molecular weight is 298 g/mol. The second kappa shape index (κ2) is 3.90. The first kappa shape index (κ1) is 13.4. The Bertz CT molecular complexity index is 636. The van der Waals surface area contributed by atoms with E-state index in [1.165, 1.54) is 24.8 Å². The van der Waals surface area contributed by atoms with Crippen molar-refractivity contribution in [2.45, 2.75) is 58.0 Å². The summed E-state index contributed by atoms with van der Waals surface area (Å²) < 4.78 is 5.97. The van der Waals surface area contributed by atoms with Crippen LogP contribution >= 0.6 is 0 Å². The molecule has 1 spiro atoms. The first-order chi connectivity index (χ1) is 10.5. The molecule has 22 heavy (non-hydrogen) atoms. The van der Waals surface area contributed by atoms with Gasteiger partial charge in [-0.25, -0.2) is 0 Å². The Morgan fingerprint density at radius 1 is 1.23 bits per heavy atom. The SMILES string of the molecule is CC12CCC(O)=CC1=CCC1C2=CCC2(C)C1CC[C@@]21CO1. The molecule has 5 aliphatic rings. The molecule has 1 saturated carbocycles. The van der Waals surface area contributed by atoms with Crippen molar-refractivity contribution in [3.8, 4) is 0 Å². The molecule has 2 nitrogen and oxygen atoms in total. The Morgan fingerprint density at radius 3 is 2.82 bits per heavy atom. The van der Waals surface area contributed by atoms with Gasteiger partial charge in [-0.15, -0.1) is 0 Å². The lowest BCUT2D eigenvalue weighted by Gasteiger charge is -2.51. The molecule has 2 heteroatoms. The number of aliphatic hydroxyl groups excluding tert-OH is 1. The fourth-order valence-corrected chi connectivity index (χ4v) is 6.27. The third-order valence-electron chi connectivity index (χ3n) is 7.91. The molecule has 1 heterocycles. The third-order valence-corrected chi connectivity index (χ3v) is 7.91. The highest BCUT2D eigenvalue weighted by Gasteiger charge is 2.68. The van der Waals surface area contributed by atoms with Crippen molar-refractivity contribution in [1.82, 2.24) is 0 Å². The van der Waals surface area contributed by atoms with Gasteiger partial charge in [0.15, 0.2) is 0 Å². The number of ether oxygens (including phenoxy) is 1. The molecule has 4 unspecified atom stereocenters.